The number of hydrogen-bond donors (Lipinski definition) is 2. The number of carbonyl (C=O) groups is 4. The van der Waals surface area contributed by atoms with E-state index in [1.54, 1.807) is 37.3 Å². The first kappa shape index (κ1) is 21.7. The fourth-order valence-electron chi connectivity index (χ4n) is 2.72. The molecule has 0 atom stereocenters. The Labute approximate surface area is 187 Å². The first-order chi connectivity index (χ1) is 14.2. The van der Waals surface area contributed by atoms with Gasteiger partial charge in [-0.1, -0.05) is 31.9 Å². The summed E-state index contributed by atoms with van der Waals surface area (Å²) in [5.74, 6) is -2.68. The van der Waals surface area contributed by atoms with Crippen LogP contribution in [0.1, 0.15) is 11.1 Å². The molecule has 1 heterocycles. The quantitative estimate of drug-likeness (QED) is 0.444. The molecule has 10 heteroatoms. The summed E-state index contributed by atoms with van der Waals surface area (Å²) in [5.41, 5.74) is 1.10. The van der Waals surface area contributed by atoms with Crippen LogP contribution in [-0.4, -0.2) is 35.5 Å². The number of imide groups is 2. The van der Waals surface area contributed by atoms with E-state index in [4.69, 9.17) is 9.84 Å². The van der Waals surface area contributed by atoms with Crippen LogP contribution in [0.5, 0.6) is 5.75 Å². The summed E-state index contributed by atoms with van der Waals surface area (Å²) in [6.45, 7) is 1.20. The lowest BCUT2D eigenvalue weighted by Gasteiger charge is -2.26. The van der Waals surface area contributed by atoms with Crippen molar-refractivity contribution in [2.45, 2.75) is 6.92 Å². The molecule has 1 saturated heterocycles. The predicted molar refractivity (Wildman–Crippen MR) is 115 cm³/mol. The van der Waals surface area contributed by atoms with E-state index in [-0.39, 0.29) is 11.3 Å². The Balaban J connectivity index is 2.03. The van der Waals surface area contributed by atoms with E-state index in [0.29, 0.717) is 15.7 Å². The summed E-state index contributed by atoms with van der Waals surface area (Å²) in [5, 5.41) is 11.0. The van der Waals surface area contributed by atoms with Gasteiger partial charge in [0.25, 0.3) is 11.8 Å². The Morgan fingerprint density at radius 3 is 2.57 bits per heavy atom. The third kappa shape index (κ3) is 4.60. The van der Waals surface area contributed by atoms with Crippen molar-refractivity contribution in [1.29, 1.82) is 0 Å². The lowest BCUT2D eigenvalue weighted by molar-refractivity contribution is -0.139. The summed E-state index contributed by atoms with van der Waals surface area (Å²) in [4.78, 5) is 49.4. The molecule has 154 valence electrons. The van der Waals surface area contributed by atoms with Gasteiger partial charge in [0, 0.05) is 14.5 Å². The summed E-state index contributed by atoms with van der Waals surface area (Å²) in [7, 11) is 0. The second-order valence-corrected chi connectivity index (χ2v) is 8.03. The van der Waals surface area contributed by atoms with Crippen LogP contribution in [0.15, 0.2) is 50.9 Å². The molecule has 8 nitrogen and oxygen atoms in total. The number of barbiturate groups is 1. The van der Waals surface area contributed by atoms with Gasteiger partial charge >= 0.3 is 12.0 Å². The number of carboxylic acids is 1. The van der Waals surface area contributed by atoms with E-state index in [2.05, 4.69) is 37.2 Å². The molecule has 30 heavy (non-hydrogen) atoms. The number of anilines is 1. The number of halogens is 2. The van der Waals surface area contributed by atoms with Gasteiger partial charge in [-0.3, -0.25) is 14.9 Å². The number of aryl methyl sites for hydroxylation is 1. The fourth-order valence-corrected chi connectivity index (χ4v) is 3.34. The van der Waals surface area contributed by atoms with Crippen LogP contribution in [0.25, 0.3) is 6.08 Å². The van der Waals surface area contributed by atoms with E-state index in [1.165, 1.54) is 12.1 Å². The van der Waals surface area contributed by atoms with Crippen LogP contribution in [0.3, 0.4) is 0 Å². The maximum atomic E-state index is 13.0. The molecule has 3 rings (SSSR count). The molecule has 1 fully saturated rings. The minimum Gasteiger partial charge on any atom is -0.481 e. The van der Waals surface area contributed by atoms with Crippen LogP contribution in [0.2, 0.25) is 0 Å². The van der Waals surface area contributed by atoms with Crippen molar-refractivity contribution in [3.05, 3.63) is 62.0 Å². The second kappa shape index (κ2) is 8.80. The standard InChI is InChI=1S/C20H14Br2N2O6/c1-10-6-13(3-4-15(10)22)24-19(28)14(18(27)23-20(24)29)8-11-7-12(21)2-5-16(11)30-9-17(25)26/h2-8H,9H2,1H3,(H,25,26)(H,23,27,29)/b14-8+. The second-order valence-electron chi connectivity index (χ2n) is 6.26. The van der Waals surface area contributed by atoms with Crippen LogP contribution in [0.4, 0.5) is 10.5 Å². The predicted octanol–water partition coefficient (Wildman–Crippen LogP) is 3.65. The smallest absolute Gasteiger partial charge is 0.341 e. The molecule has 2 N–H and O–H groups in total. The molecule has 1 aliphatic rings. The summed E-state index contributed by atoms with van der Waals surface area (Å²) >= 11 is 6.65. The minimum atomic E-state index is -1.18. The maximum absolute atomic E-state index is 13.0. The van der Waals surface area contributed by atoms with E-state index >= 15 is 0 Å². The zero-order valence-electron chi connectivity index (χ0n) is 15.4. The number of amides is 4. The van der Waals surface area contributed by atoms with Gasteiger partial charge in [0.2, 0.25) is 0 Å². The van der Waals surface area contributed by atoms with Gasteiger partial charge in [0.15, 0.2) is 6.61 Å². The highest BCUT2D eigenvalue weighted by atomic mass is 79.9. The van der Waals surface area contributed by atoms with Crippen molar-refractivity contribution in [2.75, 3.05) is 11.5 Å². The van der Waals surface area contributed by atoms with Crippen molar-refractivity contribution < 1.29 is 29.0 Å². The number of rotatable bonds is 5. The van der Waals surface area contributed by atoms with E-state index in [1.807, 2.05) is 0 Å². The highest BCUT2D eigenvalue weighted by Gasteiger charge is 2.37. The molecule has 0 saturated carbocycles. The van der Waals surface area contributed by atoms with Gasteiger partial charge in [0.1, 0.15) is 11.3 Å². The molecule has 0 radical (unpaired) electrons. The number of carboxylic acid groups (broad SMARTS) is 1. The number of nitrogens with one attached hydrogen (secondary N) is 1. The number of benzene rings is 2. The fraction of sp³-hybridized carbons (Fsp3) is 0.100. The molecular formula is C20H14Br2N2O6. The van der Waals surface area contributed by atoms with Crippen molar-refractivity contribution in [3.8, 4) is 5.75 Å². The van der Waals surface area contributed by atoms with Gasteiger partial charge in [-0.25, -0.2) is 14.5 Å². The van der Waals surface area contributed by atoms with Gasteiger partial charge in [0.05, 0.1) is 5.69 Å². The Hall–Kier alpha value is -2.98. The van der Waals surface area contributed by atoms with Crippen molar-refractivity contribution in [2.24, 2.45) is 0 Å². The summed E-state index contributed by atoms with van der Waals surface area (Å²) < 4.78 is 6.66. The molecule has 1 aliphatic heterocycles. The molecule has 0 aromatic heterocycles. The molecular weight excluding hydrogens is 524 g/mol. The molecule has 0 unspecified atom stereocenters. The molecule has 4 amide bonds. The van der Waals surface area contributed by atoms with Crippen LogP contribution >= 0.6 is 31.9 Å². The number of hydrogen-bond acceptors (Lipinski definition) is 5. The van der Waals surface area contributed by atoms with Crippen LogP contribution in [0, 0.1) is 6.92 Å². The van der Waals surface area contributed by atoms with E-state index < -0.39 is 30.4 Å². The lowest BCUT2D eigenvalue weighted by Crippen LogP contribution is -2.54. The topological polar surface area (TPSA) is 113 Å². The Kier molecular flexibility index (Phi) is 6.37. The molecule has 2 aromatic carbocycles. The average Bonchev–Trinajstić information content (AvgIpc) is 2.67. The average molecular weight is 538 g/mol. The third-order valence-corrected chi connectivity index (χ3v) is 5.51. The molecule has 0 spiro atoms. The SMILES string of the molecule is Cc1cc(N2C(=O)NC(=O)/C(=C\c3cc(Br)ccc3OCC(=O)O)C2=O)ccc1Br. The Bertz CT molecular complexity index is 1110. The first-order valence-corrected chi connectivity index (χ1v) is 10.1. The lowest BCUT2D eigenvalue weighted by atomic mass is 10.1. The van der Waals surface area contributed by atoms with Crippen molar-refractivity contribution in [1.82, 2.24) is 5.32 Å². The van der Waals surface area contributed by atoms with E-state index in [9.17, 15) is 19.2 Å². The largest absolute Gasteiger partial charge is 0.481 e. The number of nitrogens with zero attached hydrogens (tertiary/aromatic N) is 1. The first-order valence-electron chi connectivity index (χ1n) is 8.49. The maximum Gasteiger partial charge on any atom is 0.341 e. The zero-order chi connectivity index (χ0) is 22.0. The monoisotopic (exact) mass is 536 g/mol. The summed E-state index contributed by atoms with van der Waals surface area (Å²) in [6.07, 6.45) is 1.25. The number of aliphatic carboxylic acids is 1. The Morgan fingerprint density at radius 1 is 1.17 bits per heavy atom. The van der Waals surface area contributed by atoms with Gasteiger partial charge in [-0.15, -0.1) is 0 Å². The van der Waals surface area contributed by atoms with Crippen LogP contribution in [-0.2, 0) is 14.4 Å². The third-order valence-electron chi connectivity index (χ3n) is 4.12. The van der Waals surface area contributed by atoms with Gasteiger partial charge in [-0.05, 0) is 55.0 Å². The highest BCUT2D eigenvalue weighted by Crippen LogP contribution is 2.29. The number of urea groups is 1. The zero-order valence-corrected chi connectivity index (χ0v) is 18.6. The normalized spacial score (nSPS) is 15.4. The highest BCUT2D eigenvalue weighted by molar-refractivity contribution is 9.10. The van der Waals surface area contributed by atoms with Gasteiger partial charge in [-0.2, -0.15) is 0 Å². The van der Waals surface area contributed by atoms with E-state index in [0.717, 1.165) is 14.9 Å². The van der Waals surface area contributed by atoms with Crippen molar-refractivity contribution in [3.63, 3.8) is 0 Å². The minimum absolute atomic E-state index is 0.164. The van der Waals surface area contributed by atoms with Crippen LogP contribution < -0.4 is 15.0 Å². The molecule has 0 bridgehead atoms. The van der Waals surface area contributed by atoms with Crippen molar-refractivity contribution >= 4 is 67.4 Å². The molecule has 0 aliphatic carbocycles. The number of carbonyl (C=O) groups excluding carboxylic acids is 3. The summed E-state index contributed by atoms with van der Waals surface area (Å²) in [6, 6.07) is 8.74. The molecule has 2 aromatic rings. The Morgan fingerprint density at radius 2 is 1.90 bits per heavy atom. The van der Waals surface area contributed by atoms with Gasteiger partial charge < -0.3 is 9.84 Å². The number of ether oxygens (including phenoxy) is 1.